The Kier molecular flexibility index (Phi) is 3.75. The van der Waals surface area contributed by atoms with Crippen molar-refractivity contribution in [3.05, 3.63) is 52.1 Å². The van der Waals surface area contributed by atoms with Crippen LogP contribution in [0.15, 0.2) is 30.0 Å². The quantitative estimate of drug-likeness (QED) is 0.734. The van der Waals surface area contributed by atoms with Gasteiger partial charge in [0.25, 0.3) is 0 Å². The van der Waals surface area contributed by atoms with E-state index in [-0.39, 0.29) is 5.82 Å². The molecule has 0 aromatic carbocycles. The maximum absolute atomic E-state index is 13.5. The third-order valence-electron chi connectivity index (χ3n) is 3.16. The van der Waals surface area contributed by atoms with Crippen LogP contribution in [0.3, 0.4) is 0 Å². The van der Waals surface area contributed by atoms with Gasteiger partial charge in [-0.15, -0.1) is 11.3 Å². The summed E-state index contributed by atoms with van der Waals surface area (Å²) in [4.78, 5) is 9.81. The summed E-state index contributed by atoms with van der Waals surface area (Å²) in [6.07, 6.45) is 4.61. The minimum absolute atomic E-state index is 0.293. The largest absolute Gasteiger partial charge is 0.311 e. The smallest absolute Gasteiger partial charge is 0.173 e. The third kappa shape index (κ3) is 2.71. The molecule has 0 fully saturated rings. The molecule has 0 bridgehead atoms. The Bertz CT molecular complexity index is 719. The third-order valence-corrected chi connectivity index (χ3v) is 4.16. The summed E-state index contributed by atoms with van der Waals surface area (Å²) in [5.74, 6) is -0.293. The monoisotopic (exact) mass is 290 g/mol. The van der Waals surface area contributed by atoms with Gasteiger partial charge in [0.1, 0.15) is 0 Å². The zero-order chi connectivity index (χ0) is 13.9. The predicted octanol–water partition coefficient (Wildman–Crippen LogP) is 2.57. The number of fused-ring (bicyclic) bond motifs is 1. The lowest BCUT2D eigenvalue weighted by molar-refractivity contribution is 0.629. The maximum Gasteiger partial charge on any atom is 0.173 e. The Hall–Kier alpha value is -1.79. The second-order valence-electron chi connectivity index (χ2n) is 4.61. The Morgan fingerprint density at radius 3 is 3.10 bits per heavy atom. The van der Waals surface area contributed by atoms with Crippen LogP contribution < -0.4 is 5.32 Å². The van der Waals surface area contributed by atoms with Gasteiger partial charge in [-0.05, 0) is 25.5 Å². The minimum atomic E-state index is -0.293. The summed E-state index contributed by atoms with van der Waals surface area (Å²) in [6.45, 7) is 3.52. The predicted molar refractivity (Wildman–Crippen MR) is 77.4 cm³/mol. The number of pyridine rings is 1. The lowest BCUT2D eigenvalue weighted by Crippen LogP contribution is -2.16. The van der Waals surface area contributed by atoms with Crippen molar-refractivity contribution in [1.82, 2.24) is 19.7 Å². The van der Waals surface area contributed by atoms with Gasteiger partial charge >= 0.3 is 0 Å². The molecule has 0 unspecified atom stereocenters. The first kappa shape index (κ1) is 13.2. The number of hydrogen-bond acceptors (Lipinski definition) is 4. The maximum atomic E-state index is 13.5. The van der Waals surface area contributed by atoms with E-state index in [9.17, 15) is 4.39 Å². The molecule has 20 heavy (non-hydrogen) atoms. The van der Waals surface area contributed by atoms with Crippen molar-refractivity contribution in [3.63, 3.8) is 0 Å². The number of thiazole rings is 1. The van der Waals surface area contributed by atoms with Crippen LogP contribution >= 0.6 is 11.3 Å². The minimum Gasteiger partial charge on any atom is -0.311 e. The Labute approximate surface area is 120 Å². The molecular formula is C14H15FN4S. The van der Waals surface area contributed by atoms with Gasteiger partial charge in [0.2, 0.25) is 0 Å². The van der Waals surface area contributed by atoms with E-state index >= 15 is 0 Å². The summed E-state index contributed by atoms with van der Waals surface area (Å²) in [5.41, 5.74) is 4.19. The number of hydrogen-bond donors (Lipinski definition) is 1. The fraction of sp³-hybridized carbons (Fsp3) is 0.286. The summed E-state index contributed by atoms with van der Waals surface area (Å²) in [6, 6.07) is 3.10. The van der Waals surface area contributed by atoms with Crippen LogP contribution in [-0.4, -0.2) is 20.9 Å². The fourth-order valence-corrected chi connectivity index (χ4v) is 2.88. The number of nitrogens with one attached hydrogen (secondary N) is 1. The second kappa shape index (κ2) is 5.68. The van der Waals surface area contributed by atoms with Gasteiger partial charge in [-0.3, -0.25) is 0 Å². The molecule has 0 spiro atoms. The highest BCUT2D eigenvalue weighted by Gasteiger charge is 2.06. The Morgan fingerprint density at radius 2 is 2.35 bits per heavy atom. The molecule has 0 atom stereocenters. The number of aryl methyl sites for hydroxylation is 1. The van der Waals surface area contributed by atoms with Crippen molar-refractivity contribution in [2.75, 3.05) is 6.54 Å². The number of halogens is 1. The molecule has 3 aromatic rings. The highest BCUT2D eigenvalue weighted by Crippen LogP contribution is 2.12. The lowest BCUT2D eigenvalue weighted by Gasteiger charge is -2.01. The van der Waals surface area contributed by atoms with Gasteiger partial charge in [0.15, 0.2) is 11.5 Å². The van der Waals surface area contributed by atoms with Crippen molar-refractivity contribution in [3.8, 4) is 0 Å². The highest BCUT2D eigenvalue weighted by atomic mass is 32.1. The summed E-state index contributed by atoms with van der Waals surface area (Å²) in [5, 5.41) is 3.33. The molecule has 6 heteroatoms. The molecule has 104 valence electrons. The van der Waals surface area contributed by atoms with Crippen LogP contribution in [0.2, 0.25) is 0 Å². The van der Waals surface area contributed by atoms with E-state index in [1.807, 2.05) is 18.6 Å². The summed E-state index contributed by atoms with van der Waals surface area (Å²) >= 11 is 1.68. The van der Waals surface area contributed by atoms with E-state index in [0.717, 1.165) is 24.4 Å². The average Bonchev–Trinajstić information content (AvgIpc) is 3.02. The normalized spacial score (nSPS) is 11.3. The summed E-state index contributed by atoms with van der Waals surface area (Å²) < 4.78 is 15.2. The molecule has 0 radical (unpaired) electrons. The van der Waals surface area contributed by atoms with Crippen molar-refractivity contribution in [1.29, 1.82) is 0 Å². The lowest BCUT2D eigenvalue weighted by atomic mass is 10.3. The number of nitrogens with zero attached hydrogens (tertiary/aromatic N) is 3. The van der Waals surface area contributed by atoms with E-state index in [0.29, 0.717) is 12.2 Å². The fourth-order valence-electron chi connectivity index (χ4n) is 2.10. The van der Waals surface area contributed by atoms with Crippen molar-refractivity contribution in [2.24, 2.45) is 0 Å². The molecule has 0 aliphatic carbocycles. The van der Waals surface area contributed by atoms with Crippen LogP contribution in [0.5, 0.6) is 0 Å². The van der Waals surface area contributed by atoms with Crippen LogP contribution in [-0.2, 0) is 13.0 Å². The van der Waals surface area contributed by atoms with Crippen molar-refractivity contribution >= 4 is 17.0 Å². The number of aromatic nitrogens is 3. The Morgan fingerprint density at radius 1 is 1.45 bits per heavy atom. The van der Waals surface area contributed by atoms with E-state index in [2.05, 4.69) is 15.3 Å². The average molecular weight is 290 g/mol. The van der Waals surface area contributed by atoms with Gasteiger partial charge in [0, 0.05) is 30.4 Å². The number of rotatable bonds is 5. The molecule has 3 aromatic heterocycles. The van der Waals surface area contributed by atoms with Crippen LogP contribution in [0, 0.1) is 12.7 Å². The zero-order valence-corrected chi connectivity index (χ0v) is 12.0. The van der Waals surface area contributed by atoms with Crippen LogP contribution in [0.4, 0.5) is 4.39 Å². The second-order valence-corrected chi connectivity index (χ2v) is 5.55. The van der Waals surface area contributed by atoms with Crippen molar-refractivity contribution < 1.29 is 4.39 Å². The van der Waals surface area contributed by atoms with Crippen LogP contribution in [0.25, 0.3) is 5.65 Å². The van der Waals surface area contributed by atoms with E-state index in [4.69, 9.17) is 0 Å². The molecule has 4 nitrogen and oxygen atoms in total. The van der Waals surface area contributed by atoms with Gasteiger partial charge in [-0.2, -0.15) is 0 Å². The van der Waals surface area contributed by atoms with E-state index < -0.39 is 0 Å². The molecule has 1 N–H and O–H groups in total. The zero-order valence-electron chi connectivity index (χ0n) is 11.1. The van der Waals surface area contributed by atoms with Gasteiger partial charge in [-0.1, -0.05) is 0 Å². The summed E-state index contributed by atoms with van der Waals surface area (Å²) in [7, 11) is 0. The first-order chi connectivity index (χ1) is 9.74. The molecule has 3 heterocycles. The topological polar surface area (TPSA) is 42.2 Å². The van der Waals surface area contributed by atoms with E-state index in [1.54, 1.807) is 28.0 Å². The molecular weight excluding hydrogens is 275 g/mol. The van der Waals surface area contributed by atoms with Crippen molar-refractivity contribution in [2.45, 2.75) is 19.9 Å². The Balaban J connectivity index is 1.57. The molecule has 0 amide bonds. The van der Waals surface area contributed by atoms with Gasteiger partial charge < -0.3 is 9.72 Å². The first-order valence-corrected chi connectivity index (χ1v) is 7.34. The molecule has 0 aliphatic heterocycles. The van der Waals surface area contributed by atoms with Crippen LogP contribution in [0.1, 0.15) is 16.3 Å². The first-order valence-electron chi connectivity index (χ1n) is 6.46. The van der Waals surface area contributed by atoms with Gasteiger partial charge in [0.05, 0.1) is 16.9 Å². The van der Waals surface area contributed by atoms with E-state index in [1.165, 1.54) is 10.9 Å². The molecule has 0 saturated carbocycles. The molecule has 3 rings (SSSR count). The molecule has 0 saturated heterocycles. The molecule has 0 aliphatic rings. The standard InChI is InChI=1S/C14H15FN4S/c1-10-13(20-9-17-10)4-5-16-7-11-8-19-6-2-3-12(15)14(19)18-11/h2-3,6,8-9,16H,4-5,7H2,1H3. The number of imidazole rings is 1. The SMILES string of the molecule is Cc1ncsc1CCNCc1cn2cccc(F)c2n1. The van der Waals surface area contributed by atoms with Gasteiger partial charge in [-0.25, -0.2) is 14.4 Å². The highest BCUT2D eigenvalue weighted by molar-refractivity contribution is 7.09.